The van der Waals surface area contributed by atoms with Gasteiger partial charge in [0, 0.05) is 0 Å². The van der Waals surface area contributed by atoms with Crippen LogP contribution in [0.2, 0.25) is 14.3 Å². The van der Waals surface area contributed by atoms with Crippen LogP contribution in [0.1, 0.15) is 26.2 Å². The molecule has 0 bridgehead atoms. The minimum absolute atomic E-state index is 0.439. The van der Waals surface area contributed by atoms with Crippen LogP contribution in [0.15, 0.2) is 0 Å². The molecule has 0 atom stereocenters. The molecule has 0 radical (unpaired) electrons. The number of rotatable bonds is 4. The summed E-state index contributed by atoms with van der Waals surface area (Å²) in [5.41, 5.74) is 0. The van der Waals surface area contributed by atoms with Crippen molar-refractivity contribution in [3.05, 3.63) is 0 Å². The SMILES string of the molecule is CC[CH2][Sn]([CH3])([CH3])[C](=O)NC1CC1. The van der Waals surface area contributed by atoms with E-state index in [1.807, 2.05) is 0 Å². The molecule has 0 aliphatic heterocycles. The van der Waals surface area contributed by atoms with Gasteiger partial charge in [0.25, 0.3) is 0 Å². The zero-order valence-electron chi connectivity index (χ0n) is 8.31. The average molecular weight is 276 g/mol. The molecule has 12 heavy (non-hydrogen) atoms. The maximum atomic E-state index is 11.7. The van der Waals surface area contributed by atoms with E-state index in [1.54, 1.807) is 0 Å². The second kappa shape index (κ2) is 3.98. The Morgan fingerprint density at radius 1 is 1.50 bits per heavy atom. The number of hydrogen-bond donors (Lipinski definition) is 1. The van der Waals surface area contributed by atoms with Crippen LogP contribution in [0.5, 0.6) is 0 Å². The Balaban J connectivity index is 2.36. The van der Waals surface area contributed by atoms with Crippen LogP contribution >= 0.6 is 0 Å². The van der Waals surface area contributed by atoms with Gasteiger partial charge >= 0.3 is 79.0 Å². The molecule has 1 aliphatic carbocycles. The van der Waals surface area contributed by atoms with E-state index in [1.165, 1.54) is 23.7 Å². The van der Waals surface area contributed by atoms with Crippen molar-refractivity contribution in [3.8, 4) is 0 Å². The molecule has 0 unspecified atom stereocenters. The molecular formula is C9H19NOSn. The van der Waals surface area contributed by atoms with Gasteiger partial charge in [-0.15, -0.1) is 0 Å². The van der Waals surface area contributed by atoms with Crippen molar-refractivity contribution in [1.29, 1.82) is 0 Å². The van der Waals surface area contributed by atoms with Gasteiger partial charge in [-0.25, -0.2) is 0 Å². The number of carbonyl (C=O) groups excluding carboxylic acids is 1. The molecule has 1 amide bonds. The third kappa shape index (κ3) is 2.96. The summed E-state index contributed by atoms with van der Waals surface area (Å²) < 4.78 is 1.63. The summed E-state index contributed by atoms with van der Waals surface area (Å²) in [7, 11) is 0. The van der Waals surface area contributed by atoms with E-state index in [-0.39, 0.29) is 0 Å². The quantitative estimate of drug-likeness (QED) is 0.785. The monoisotopic (exact) mass is 277 g/mol. The van der Waals surface area contributed by atoms with Crippen LogP contribution in [0.3, 0.4) is 0 Å². The van der Waals surface area contributed by atoms with Crippen LogP contribution in [-0.2, 0) is 0 Å². The van der Waals surface area contributed by atoms with E-state index < -0.39 is 18.4 Å². The van der Waals surface area contributed by atoms with Crippen molar-refractivity contribution in [1.82, 2.24) is 5.32 Å². The standard InChI is InChI=1S/C4H6NO.C3H7.2CH3.Sn/c6-3-5-4-1-2-4;1-3-2;;;/h4H,1-2H2,(H,5,6);1,3H2,2H3;2*1H3;. The number of amides is 1. The average Bonchev–Trinajstić information content (AvgIpc) is 2.71. The van der Waals surface area contributed by atoms with Gasteiger partial charge in [0.1, 0.15) is 0 Å². The summed E-state index contributed by atoms with van der Waals surface area (Å²) in [6.45, 7) is 2.17. The molecule has 0 heterocycles. The maximum absolute atomic E-state index is 11.7. The summed E-state index contributed by atoms with van der Waals surface area (Å²) in [5, 5.41) is 3.13. The fourth-order valence-corrected chi connectivity index (χ4v) is 7.26. The molecule has 0 aromatic heterocycles. The number of hydrogen-bond acceptors (Lipinski definition) is 1. The fourth-order valence-electron chi connectivity index (χ4n) is 1.35. The molecule has 2 nitrogen and oxygen atoms in total. The van der Waals surface area contributed by atoms with Crippen molar-refractivity contribution in [3.63, 3.8) is 0 Å². The van der Waals surface area contributed by atoms with Gasteiger partial charge in [-0.2, -0.15) is 0 Å². The number of carbonyl (C=O) groups is 1. The fraction of sp³-hybridized carbons (Fsp3) is 0.889. The first-order valence-corrected chi connectivity index (χ1v) is 14.0. The zero-order chi connectivity index (χ0) is 9.19. The van der Waals surface area contributed by atoms with Crippen molar-refractivity contribution in [2.75, 3.05) is 0 Å². The Labute approximate surface area is 79.0 Å². The van der Waals surface area contributed by atoms with Gasteiger partial charge in [0.15, 0.2) is 0 Å². The van der Waals surface area contributed by atoms with E-state index in [4.69, 9.17) is 0 Å². The normalized spacial score (nSPS) is 17.6. The van der Waals surface area contributed by atoms with Crippen LogP contribution < -0.4 is 5.32 Å². The van der Waals surface area contributed by atoms with Gasteiger partial charge in [-0.1, -0.05) is 0 Å². The Hall–Kier alpha value is 0.269. The predicted octanol–water partition coefficient (Wildman–Crippen LogP) is 2.56. The molecule has 1 fully saturated rings. The molecule has 0 aromatic rings. The molecule has 70 valence electrons. The van der Waals surface area contributed by atoms with Crippen LogP contribution in [-0.4, -0.2) is 28.3 Å². The van der Waals surface area contributed by atoms with Crippen molar-refractivity contribution in [2.24, 2.45) is 0 Å². The van der Waals surface area contributed by atoms with E-state index in [2.05, 4.69) is 22.1 Å². The molecule has 1 aliphatic rings. The molecule has 0 aromatic carbocycles. The molecule has 1 saturated carbocycles. The summed E-state index contributed by atoms with van der Waals surface area (Å²) in [6, 6.07) is 0.547. The van der Waals surface area contributed by atoms with Gasteiger partial charge in [0.05, 0.1) is 0 Å². The Kier molecular flexibility index (Phi) is 3.44. The van der Waals surface area contributed by atoms with Crippen molar-refractivity contribution >= 4 is 22.3 Å². The first-order chi connectivity index (χ1) is 5.56. The van der Waals surface area contributed by atoms with Crippen LogP contribution in [0, 0.1) is 0 Å². The van der Waals surface area contributed by atoms with Gasteiger partial charge in [-0.3, -0.25) is 0 Å². The summed E-state index contributed by atoms with van der Waals surface area (Å²) in [4.78, 5) is 16.2. The molecular weight excluding hydrogens is 257 g/mol. The van der Waals surface area contributed by atoms with E-state index in [9.17, 15) is 4.79 Å². The summed E-state index contributed by atoms with van der Waals surface area (Å²) in [6.07, 6.45) is 3.58. The Morgan fingerprint density at radius 3 is 2.50 bits per heavy atom. The summed E-state index contributed by atoms with van der Waals surface area (Å²) in [5.74, 6) is 0. The molecule has 0 spiro atoms. The molecule has 1 rings (SSSR count). The van der Waals surface area contributed by atoms with E-state index in [0.29, 0.717) is 9.96 Å². The molecule has 3 heteroatoms. The van der Waals surface area contributed by atoms with Gasteiger partial charge in [0.2, 0.25) is 0 Å². The van der Waals surface area contributed by atoms with Gasteiger partial charge in [-0.05, 0) is 0 Å². The second-order valence-electron chi connectivity index (χ2n) is 4.38. The Morgan fingerprint density at radius 2 is 2.08 bits per heavy atom. The van der Waals surface area contributed by atoms with Crippen molar-refractivity contribution in [2.45, 2.75) is 46.5 Å². The topological polar surface area (TPSA) is 29.1 Å². The first kappa shape index (κ1) is 10.4. The van der Waals surface area contributed by atoms with Gasteiger partial charge < -0.3 is 0 Å². The predicted molar refractivity (Wildman–Crippen MR) is 54.1 cm³/mol. The van der Waals surface area contributed by atoms with Crippen LogP contribution in [0.4, 0.5) is 4.79 Å². The van der Waals surface area contributed by atoms with Crippen molar-refractivity contribution < 1.29 is 4.79 Å². The second-order valence-corrected chi connectivity index (χ2v) is 17.9. The summed E-state index contributed by atoms with van der Waals surface area (Å²) >= 11 is -2.30. The Bertz CT molecular complexity index is 175. The zero-order valence-corrected chi connectivity index (χ0v) is 11.2. The third-order valence-electron chi connectivity index (χ3n) is 2.40. The first-order valence-electron chi connectivity index (χ1n) is 4.87. The van der Waals surface area contributed by atoms with E-state index in [0.717, 1.165) is 0 Å². The van der Waals surface area contributed by atoms with E-state index >= 15 is 0 Å². The van der Waals surface area contributed by atoms with Crippen LogP contribution in [0.25, 0.3) is 0 Å². The molecule has 1 N–H and O–H groups in total. The minimum atomic E-state index is -2.30. The third-order valence-corrected chi connectivity index (χ3v) is 11.3. The molecule has 0 saturated heterocycles. The number of nitrogens with one attached hydrogen (secondary N) is 1.